The van der Waals surface area contributed by atoms with Gasteiger partial charge in [-0.2, -0.15) is 0 Å². The number of rotatable bonds is 5. The summed E-state index contributed by atoms with van der Waals surface area (Å²) in [4.78, 5) is 10.8. The molecule has 0 aliphatic heterocycles. The molecule has 1 aromatic heterocycles. The Morgan fingerprint density at radius 3 is 2.67 bits per heavy atom. The molecule has 0 unspecified atom stereocenters. The summed E-state index contributed by atoms with van der Waals surface area (Å²) in [6.45, 7) is 8.95. The number of nitrogens with one attached hydrogen (secondary N) is 1. The fourth-order valence-corrected chi connectivity index (χ4v) is 1.24. The van der Waals surface area contributed by atoms with Crippen LogP contribution in [0.5, 0.6) is 0 Å². The Morgan fingerprint density at radius 2 is 2.13 bits per heavy atom. The smallest absolute Gasteiger partial charge is 0.225 e. The highest BCUT2D eigenvalue weighted by Gasteiger charge is 2.05. The lowest BCUT2D eigenvalue weighted by Crippen LogP contribution is -2.20. The quantitative estimate of drug-likeness (QED) is 0.793. The number of nitrogens with zero attached hydrogens (tertiary/aromatic N) is 3. The van der Waals surface area contributed by atoms with Gasteiger partial charge in [-0.25, -0.2) is 9.97 Å². The number of aromatic nitrogens is 2. The average Bonchev–Trinajstić information content (AvgIpc) is 2.26. The van der Waals surface area contributed by atoms with Crippen LogP contribution >= 0.6 is 0 Å². The predicted octanol–water partition coefficient (Wildman–Crippen LogP) is 1.35. The van der Waals surface area contributed by atoms with Crippen molar-refractivity contribution >= 4 is 5.95 Å². The lowest BCUT2D eigenvalue weighted by molar-refractivity contribution is 0.714. The third kappa shape index (κ3) is 3.16. The van der Waals surface area contributed by atoms with Gasteiger partial charge in [-0.15, -0.1) is 0 Å². The van der Waals surface area contributed by atoms with Gasteiger partial charge in [-0.3, -0.25) is 0 Å². The van der Waals surface area contributed by atoms with Crippen LogP contribution in [0.1, 0.15) is 25.1 Å². The van der Waals surface area contributed by atoms with E-state index in [0.717, 1.165) is 31.3 Å². The highest BCUT2D eigenvalue weighted by Crippen LogP contribution is 2.09. The highest BCUT2D eigenvalue weighted by atomic mass is 15.2. The summed E-state index contributed by atoms with van der Waals surface area (Å²) in [7, 11) is 2.00. The molecule has 0 radical (unpaired) electrons. The van der Waals surface area contributed by atoms with E-state index in [2.05, 4.69) is 29.1 Å². The van der Waals surface area contributed by atoms with Gasteiger partial charge in [-0.1, -0.05) is 6.92 Å². The molecule has 1 heterocycles. The zero-order chi connectivity index (χ0) is 11.3. The molecule has 15 heavy (non-hydrogen) atoms. The maximum Gasteiger partial charge on any atom is 0.225 e. The molecule has 0 saturated carbocycles. The molecule has 1 aromatic rings. The largest absolute Gasteiger partial charge is 0.344 e. The van der Waals surface area contributed by atoms with Crippen molar-refractivity contribution < 1.29 is 0 Å². The fourth-order valence-electron chi connectivity index (χ4n) is 1.24. The van der Waals surface area contributed by atoms with E-state index in [0.29, 0.717) is 0 Å². The van der Waals surface area contributed by atoms with Crippen LogP contribution in [0.25, 0.3) is 0 Å². The zero-order valence-corrected chi connectivity index (χ0v) is 10.0. The topological polar surface area (TPSA) is 41.1 Å². The molecule has 0 amide bonds. The molecule has 0 aliphatic rings. The molecule has 0 fully saturated rings. The standard InChI is InChI=1S/C11H20N4/c1-5-12-7-10-8-13-11(14-9(10)3)15(4)6-2/h8,12H,5-7H2,1-4H3. The van der Waals surface area contributed by atoms with Crippen molar-refractivity contribution in [1.82, 2.24) is 15.3 Å². The van der Waals surface area contributed by atoms with Gasteiger partial charge in [0.25, 0.3) is 0 Å². The van der Waals surface area contributed by atoms with Gasteiger partial charge in [0.15, 0.2) is 0 Å². The van der Waals surface area contributed by atoms with Gasteiger partial charge in [0.1, 0.15) is 0 Å². The molecule has 1 rings (SSSR count). The Morgan fingerprint density at radius 1 is 1.40 bits per heavy atom. The summed E-state index contributed by atoms with van der Waals surface area (Å²) in [5.41, 5.74) is 2.23. The third-order valence-corrected chi connectivity index (χ3v) is 2.45. The molecule has 0 bridgehead atoms. The molecule has 84 valence electrons. The van der Waals surface area contributed by atoms with Crippen molar-refractivity contribution in [3.05, 3.63) is 17.5 Å². The van der Waals surface area contributed by atoms with Crippen LogP contribution in [0.4, 0.5) is 5.95 Å². The summed E-state index contributed by atoms with van der Waals surface area (Å²) in [5.74, 6) is 0.801. The normalized spacial score (nSPS) is 10.4. The zero-order valence-electron chi connectivity index (χ0n) is 10.0. The van der Waals surface area contributed by atoms with Gasteiger partial charge in [0, 0.05) is 37.6 Å². The van der Waals surface area contributed by atoms with Crippen LogP contribution in [-0.4, -0.2) is 30.1 Å². The van der Waals surface area contributed by atoms with E-state index in [-0.39, 0.29) is 0 Å². The van der Waals surface area contributed by atoms with Gasteiger partial charge in [0.2, 0.25) is 5.95 Å². The van der Waals surface area contributed by atoms with Crippen molar-refractivity contribution in [2.24, 2.45) is 0 Å². The maximum absolute atomic E-state index is 4.47. The van der Waals surface area contributed by atoms with Crippen molar-refractivity contribution in [3.63, 3.8) is 0 Å². The van der Waals surface area contributed by atoms with Crippen LogP contribution in [0.2, 0.25) is 0 Å². The van der Waals surface area contributed by atoms with Gasteiger partial charge < -0.3 is 10.2 Å². The van der Waals surface area contributed by atoms with Crippen LogP contribution in [0, 0.1) is 6.92 Å². The van der Waals surface area contributed by atoms with E-state index in [1.807, 2.05) is 25.1 Å². The number of aryl methyl sites for hydroxylation is 1. The second-order valence-corrected chi connectivity index (χ2v) is 3.58. The van der Waals surface area contributed by atoms with Crippen LogP contribution in [0.15, 0.2) is 6.20 Å². The maximum atomic E-state index is 4.47. The molecular weight excluding hydrogens is 188 g/mol. The highest BCUT2D eigenvalue weighted by molar-refractivity contribution is 5.31. The van der Waals surface area contributed by atoms with Crippen molar-refractivity contribution in [2.75, 3.05) is 25.0 Å². The van der Waals surface area contributed by atoms with Crippen LogP contribution < -0.4 is 10.2 Å². The Labute approximate surface area is 91.7 Å². The molecular formula is C11H20N4. The fraction of sp³-hybridized carbons (Fsp3) is 0.636. The summed E-state index contributed by atoms with van der Waals surface area (Å²) in [6, 6.07) is 0. The van der Waals surface area contributed by atoms with Crippen molar-refractivity contribution in [3.8, 4) is 0 Å². The Balaban J connectivity index is 2.78. The van der Waals surface area contributed by atoms with Crippen molar-refractivity contribution in [2.45, 2.75) is 27.3 Å². The first kappa shape index (κ1) is 11.9. The molecule has 4 heteroatoms. The molecule has 1 N–H and O–H groups in total. The number of hydrogen-bond donors (Lipinski definition) is 1. The minimum atomic E-state index is 0.801. The van der Waals surface area contributed by atoms with E-state index in [1.54, 1.807) is 0 Å². The van der Waals surface area contributed by atoms with E-state index in [9.17, 15) is 0 Å². The second kappa shape index (κ2) is 5.66. The molecule has 0 saturated heterocycles. The summed E-state index contributed by atoms with van der Waals surface area (Å²) in [6.07, 6.45) is 1.91. The lowest BCUT2D eigenvalue weighted by Gasteiger charge is -2.15. The van der Waals surface area contributed by atoms with Gasteiger partial charge in [-0.05, 0) is 20.4 Å². The minimum absolute atomic E-state index is 0.801. The molecule has 0 spiro atoms. The van der Waals surface area contributed by atoms with Gasteiger partial charge in [0.05, 0.1) is 0 Å². The Hall–Kier alpha value is -1.16. The van der Waals surface area contributed by atoms with Crippen molar-refractivity contribution in [1.29, 1.82) is 0 Å². The van der Waals surface area contributed by atoms with E-state index in [1.165, 1.54) is 5.56 Å². The average molecular weight is 208 g/mol. The first-order valence-electron chi connectivity index (χ1n) is 5.43. The summed E-state index contributed by atoms with van der Waals surface area (Å²) in [5, 5.41) is 3.27. The first-order valence-corrected chi connectivity index (χ1v) is 5.43. The number of hydrogen-bond acceptors (Lipinski definition) is 4. The predicted molar refractivity (Wildman–Crippen MR) is 63.1 cm³/mol. The van der Waals surface area contributed by atoms with Gasteiger partial charge >= 0.3 is 0 Å². The second-order valence-electron chi connectivity index (χ2n) is 3.58. The minimum Gasteiger partial charge on any atom is -0.344 e. The molecule has 4 nitrogen and oxygen atoms in total. The Kier molecular flexibility index (Phi) is 4.49. The SMILES string of the molecule is CCNCc1cnc(N(C)CC)nc1C. The monoisotopic (exact) mass is 208 g/mol. The molecule has 0 aromatic carbocycles. The third-order valence-electron chi connectivity index (χ3n) is 2.45. The first-order chi connectivity index (χ1) is 7.19. The lowest BCUT2D eigenvalue weighted by atomic mass is 10.2. The number of anilines is 1. The summed E-state index contributed by atoms with van der Waals surface area (Å²) >= 11 is 0. The molecule has 0 atom stereocenters. The summed E-state index contributed by atoms with van der Waals surface area (Å²) < 4.78 is 0. The van der Waals surface area contributed by atoms with E-state index in [4.69, 9.17) is 0 Å². The Bertz CT molecular complexity index is 311. The molecule has 0 aliphatic carbocycles. The van der Waals surface area contributed by atoms with Crippen LogP contribution in [-0.2, 0) is 6.54 Å². The van der Waals surface area contributed by atoms with Crippen LogP contribution in [0.3, 0.4) is 0 Å². The van der Waals surface area contributed by atoms with E-state index < -0.39 is 0 Å². The van der Waals surface area contributed by atoms with E-state index >= 15 is 0 Å².